The molecular weight excluding hydrogens is 162 g/mol. The van der Waals surface area contributed by atoms with Gasteiger partial charge in [-0.2, -0.15) is 0 Å². The summed E-state index contributed by atoms with van der Waals surface area (Å²) in [5.41, 5.74) is 0. The van der Waals surface area contributed by atoms with Gasteiger partial charge in [-0.15, -0.1) is 0 Å². The van der Waals surface area contributed by atoms with Gasteiger partial charge in [-0.1, -0.05) is 11.6 Å². The first-order chi connectivity index (χ1) is 5.27. The van der Waals surface area contributed by atoms with Crippen LogP contribution in [0.1, 0.15) is 6.42 Å². The Kier molecular flexibility index (Phi) is 2.97. The lowest BCUT2D eigenvalue weighted by molar-refractivity contribution is 0.300. The lowest BCUT2D eigenvalue weighted by Gasteiger charge is -2.16. The van der Waals surface area contributed by atoms with Gasteiger partial charge in [0.1, 0.15) is 5.76 Å². The normalized spacial score (nSPS) is 24.1. The highest BCUT2D eigenvalue weighted by molar-refractivity contribution is 6.31. The van der Waals surface area contributed by atoms with Crippen LogP contribution in [0.5, 0.6) is 0 Å². The van der Waals surface area contributed by atoms with Crippen molar-refractivity contribution in [2.45, 2.75) is 12.5 Å². The van der Waals surface area contributed by atoms with E-state index in [2.05, 4.69) is 5.32 Å². The minimum absolute atomic E-state index is 0.349. The van der Waals surface area contributed by atoms with Crippen LogP contribution in [-0.2, 0) is 4.74 Å². The smallest absolute Gasteiger partial charge is 0.133 e. The Hall–Kier alpha value is -0.470. The van der Waals surface area contributed by atoms with Crippen LogP contribution in [0, 0.1) is 0 Å². The molecule has 0 aromatic carbocycles. The maximum atomic E-state index is 5.88. The van der Waals surface area contributed by atoms with Crippen molar-refractivity contribution in [3.63, 3.8) is 0 Å². The Bertz CT molecular complexity index is 198. The molecule has 0 bridgehead atoms. The molecule has 2 nitrogen and oxygen atoms in total. The van der Waals surface area contributed by atoms with E-state index in [1.165, 1.54) is 0 Å². The average molecular weight is 174 g/mol. The van der Waals surface area contributed by atoms with Gasteiger partial charge in [0.25, 0.3) is 0 Å². The van der Waals surface area contributed by atoms with Gasteiger partial charge in [-0.3, -0.25) is 0 Å². The first-order valence-electron chi connectivity index (χ1n) is 3.57. The molecule has 0 aliphatic heterocycles. The number of allylic oxidation sites excluding steroid dienone is 1. The fraction of sp³-hybridized carbons (Fsp3) is 0.500. The molecule has 1 atom stereocenters. The van der Waals surface area contributed by atoms with E-state index in [-0.39, 0.29) is 0 Å². The van der Waals surface area contributed by atoms with E-state index < -0.39 is 0 Å². The maximum absolute atomic E-state index is 5.88. The summed E-state index contributed by atoms with van der Waals surface area (Å²) >= 11 is 5.88. The first kappa shape index (κ1) is 8.62. The number of halogens is 1. The molecule has 0 fully saturated rings. The van der Waals surface area contributed by atoms with E-state index >= 15 is 0 Å². The quantitative estimate of drug-likeness (QED) is 0.686. The van der Waals surface area contributed by atoms with Gasteiger partial charge >= 0.3 is 0 Å². The van der Waals surface area contributed by atoms with Gasteiger partial charge < -0.3 is 10.1 Å². The fourth-order valence-corrected chi connectivity index (χ4v) is 1.35. The number of nitrogens with one attached hydrogen (secondary N) is 1. The van der Waals surface area contributed by atoms with Gasteiger partial charge in [0.05, 0.1) is 12.1 Å². The van der Waals surface area contributed by atoms with Crippen LogP contribution in [0.4, 0.5) is 0 Å². The Morgan fingerprint density at radius 2 is 2.45 bits per heavy atom. The van der Waals surface area contributed by atoms with Crippen molar-refractivity contribution in [3.05, 3.63) is 22.9 Å². The third-order valence-electron chi connectivity index (χ3n) is 1.73. The third kappa shape index (κ3) is 1.98. The average Bonchev–Trinajstić information content (AvgIpc) is 2.04. The number of hydrogen-bond donors (Lipinski definition) is 1. The highest BCUT2D eigenvalue weighted by Crippen LogP contribution is 2.22. The van der Waals surface area contributed by atoms with Crippen LogP contribution in [0.15, 0.2) is 22.9 Å². The van der Waals surface area contributed by atoms with Crippen LogP contribution in [0.25, 0.3) is 0 Å². The minimum atomic E-state index is 0.349. The largest absolute Gasteiger partial charge is 0.496 e. The topological polar surface area (TPSA) is 21.3 Å². The predicted molar refractivity (Wildman–Crippen MR) is 46.5 cm³/mol. The summed E-state index contributed by atoms with van der Waals surface area (Å²) in [6.45, 7) is 0. The molecule has 0 spiro atoms. The number of rotatable bonds is 2. The molecule has 11 heavy (non-hydrogen) atoms. The van der Waals surface area contributed by atoms with Gasteiger partial charge in [0, 0.05) is 6.04 Å². The molecule has 1 unspecified atom stereocenters. The summed E-state index contributed by atoms with van der Waals surface area (Å²) in [5, 5.41) is 3.81. The Balaban J connectivity index is 2.66. The van der Waals surface area contributed by atoms with Crippen molar-refractivity contribution < 1.29 is 4.74 Å². The van der Waals surface area contributed by atoms with Crippen molar-refractivity contribution in [2.75, 3.05) is 14.2 Å². The predicted octanol–water partition coefficient (Wildman–Crippen LogP) is 1.63. The molecule has 1 aliphatic rings. The zero-order chi connectivity index (χ0) is 8.27. The van der Waals surface area contributed by atoms with Crippen molar-refractivity contribution >= 4 is 11.6 Å². The Labute approximate surface area is 71.9 Å². The third-order valence-corrected chi connectivity index (χ3v) is 2.04. The van der Waals surface area contributed by atoms with E-state index in [1.807, 2.05) is 19.2 Å². The summed E-state index contributed by atoms with van der Waals surface area (Å²) in [7, 11) is 3.54. The van der Waals surface area contributed by atoms with Gasteiger partial charge in [0.15, 0.2) is 0 Å². The monoisotopic (exact) mass is 173 g/mol. The lowest BCUT2D eigenvalue weighted by Crippen LogP contribution is -2.24. The molecule has 0 saturated carbocycles. The number of methoxy groups -OCH3 is 1. The highest BCUT2D eigenvalue weighted by atomic mass is 35.5. The van der Waals surface area contributed by atoms with Crippen molar-refractivity contribution in [3.8, 4) is 0 Å². The zero-order valence-corrected chi connectivity index (χ0v) is 7.48. The molecule has 1 aliphatic carbocycles. The summed E-state index contributed by atoms with van der Waals surface area (Å²) < 4.78 is 5.03. The molecule has 0 saturated heterocycles. The molecule has 0 heterocycles. The van der Waals surface area contributed by atoms with E-state index in [0.29, 0.717) is 11.1 Å². The molecule has 1 rings (SSSR count). The van der Waals surface area contributed by atoms with Gasteiger partial charge in [-0.25, -0.2) is 0 Å². The molecule has 1 N–H and O–H groups in total. The SMILES string of the molecule is CNC1C=C(Cl)C(OC)=CC1. The lowest BCUT2D eigenvalue weighted by atomic mass is 10.1. The second-order valence-electron chi connectivity index (χ2n) is 2.42. The Morgan fingerprint density at radius 3 is 2.91 bits per heavy atom. The summed E-state index contributed by atoms with van der Waals surface area (Å²) in [6.07, 6.45) is 4.89. The molecule has 0 aromatic rings. The standard InChI is InChI=1S/C8H12ClNO/c1-10-6-3-4-8(11-2)7(9)5-6/h4-6,10H,3H2,1-2H3. The second kappa shape index (κ2) is 3.79. The summed E-state index contributed by atoms with van der Waals surface area (Å²) in [6, 6.07) is 0.349. The van der Waals surface area contributed by atoms with E-state index in [1.54, 1.807) is 7.11 Å². The maximum Gasteiger partial charge on any atom is 0.133 e. The van der Waals surface area contributed by atoms with E-state index in [4.69, 9.17) is 16.3 Å². The molecule has 62 valence electrons. The van der Waals surface area contributed by atoms with Gasteiger partial charge in [-0.05, 0) is 25.6 Å². The molecule has 0 radical (unpaired) electrons. The van der Waals surface area contributed by atoms with E-state index in [9.17, 15) is 0 Å². The molecule has 0 amide bonds. The molecular formula is C8H12ClNO. The highest BCUT2D eigenvalue weighted by Gasteiger charge is 2.12. The summed E-state index contributed by atoms with van der Waals surface area (Å²) in [4.78, 5) is 0. The Morgan fingerprint density at radius 1 is 1.73 bits per heavy atom. The van der Waals surface area contributed by atoms with Crippen molar-refractivity contribution in [1.82, 2.24) is 5.32 Å². The molecule has 0 aromatic heterocycles. The zero-order valence-electron chi connectivity index (χ0n) is 6.73. The van der Waals surface area contributed by atoms with Crippen LogP contribution in [0.2, 0.25) is 0 Å². The first-order valence-corrected chi connectivity index (χ1v) is 3.95. The number of likely N-dealkylation sites (N-methyl/N-ethyl adjacent to an activating group) is 1. The number of hydrogen-bond acceptors (Lipinski definition) is 2. The van der Waals surface area contributed by atoms with Crippen molar-refractivity contribution in [2.24, 2.45) is 0 Å². The van der Waals surface area contributed by atoms with Gasteiger partial charge in [0.2, 0.25) is 0 Å². The van der Waals surface area contributed by atoms with Crippen LogP contribution in [0.3, 0.4) is 0 Å². The number of ether oxygens (including phenoxy) is 1. The minimum Gasteiger partial charge on any atom is -0.496 e. The van der Waals surface area contributed by atoms with E-state index in [0.717, 1.165) is 12.2 Å². The summed E-state index contributed by atoms with van der Waals surface area (Å²) in [5.74, 6) is 0.776. The fourth-order valence-electron chi connectivity index (χ4n) is 1.04. The second-order valence-corrected chi connectivity index (χ2v) is 2.83. The molecule has 3 heteroatoms. The van der Waals surface area contributed by atoms with Crippen LogP contribution >= 0.6 is 11.6 Å². The van der Waals surface area contributed by atoms with Crippen LogP contribution in [-0.4, -0.2) is 20.2 Å². The van der Waals surface area contributed by atoms with Crippen molar-refractivity contribution in [1.29, 1.82) is 0 Å². The van der Waals surface area contributed by atoms with Crippen LogP contribution < -0.4 is 5.32 Å².